The third-order valence-corrected chi connectivity index (χ3v) is 4.31. The number of rotatable bonds is 7. The van der Waals surface area contributed by atoms with Crippen LogP contribution in [0.2, 0.25) is 0 Å². The molecule has 1 aromatic rings. The van der Waals surface area contributed by atoms with Gasteiger partial charge < -0.3 is 11.1 Å². The molecule has 6 heteroatoms. The lowest BCUT2D eigenvalue weighted by Crippen LogP contribution is -2.23. The quantitative estimate of drug-likeness (QED) is 0.806. The molecule has 1 unspecified atom stereocenters. The summed E-state index contributed by atoms with van der Waals surface area (Å²) in [6, 6.07) is 6.15. The van der Waals surface area contributed by atoms with Crippen LogP contribution in [-0.2, 0) is 14.6 Å². The number of nitrogens with two attached hydrogens (primary N) is 1. The van der Waals surface area contributed by atoms with E-state index in [1.54, 1.807) is 12.1 Å². The topological polar surface area (TPSA) is 89.3 Å². The van der Waals surface area contributed by atoms with Crippen LogP contribution >= 0.6 is 0 Å². The minimum Gasteiger partial charge on any atom is -0.330 e. The normalized spacial score (nSPS) is 13.2. The monoisotopic (exact) mass is 312 g/mol. The van der Waals surface area contributed by atoms with E-state index >= 15 is 0 Å². The zero-order chi connectivity index (χ0) is 16.0. The van der Waals surface area contributed by atoms with Crippen LogP contribution in [0.4, 0.5) is 5.69 Å². The largest absolute Gasteiger partial charge is 0.330 e. The Bertz CT molecular complexity index is 565. The highest BCUT2D eigenvalue weighted by Gasteiger charge is 2.14. The van der Waals surface area contributed by atoms with Crippen molar-refractivity contribution in [3.05, 3.63) is 24.3 Å². The number of anilines is 1. The molecule has 0 radical (unpaired) electrons. The van der Waals surface area contributed by atoms with Crippen molar-refractivity contribution in [2.45, 2.75) is 31.6 Å². The van der Waals surface area contributed by atoms with Gasteiger partial charge in [0.25, 0.3) is 0 Å². The van der Waals surface area contributed by atoms with Crippen molar-refractivity contribution in [1.82, 2.24) is 0 Å². The van der Waals surface area contributed by atoms with Gasteiger partial charge in [-0.3, -0.25) is 4.79 Å². The number of benzene rings is 1. The molecule has 0 aliphatic rings. The summed E-state index contributed by atoms with van der Waals surface area (Å²) in [5.74, 6) is 0.568. The lowest BCUT2D eigenvalue weighted by Gasteiger charge is -2.16. The lowest BCUT2D eigenvalue weighted by atomic mass is 9.94. The zero-order valence-electron chi connectivity index (χ0n) is 12.8. The second kappa shape index (κ2) is 7.56. The molecule has 0 saturated carbocycles. The van der Waals surface area contributed by atoms with Crippen molar-refractivity contribution in [3.8, 4) is 0 Å². The Balaban J connectivity index is 2.62. The number of carbonyl (C=O) groups is 1. The van der Waals surface area contributed by atoms with Crippen molar-refractivity contribution in [2.75, 3.05) is 18.1 Å². The van der Waals surface area contributed by atoms with Crippen LogP contribution in [0, 0.1) is 11.8 Å². The van der Waals surface area contributed by atoms with Gasteiger partial charge in [0.15, 0.2) is 9.84 Å². The molecular weight excluding hydrogens is 288 g/mol. The minimum absolute atomic E-state index is 0.0989. The van der Waals surface area contributed by atoms with Crippen molar-refractivity contribution in [1.29, 1.82) is 0 Å². The van der Waals surface area contributed by atoms with Crippen molar-refractivity contribution >= 4 is 21.4 Å². The van der Waals surface area contributed by atoms with E-state index in [0.717, 1.165) is 12.7 Å². The number of sulfone groups is 1. The minimum atomic E-state index is -3.21. The summed E-state index contributed by atoms with van der Waals surface area (Å²) in [4.78, 5) is 12.2. The summed E-state index contributed by atoms with van der Waals surface area (Å²) in [6.45, 7) is 4.69. The number of hydrogen-bond donors (Lipinski definition) is 2. The van der Waals surface area contributed by atoms with E-state index < -0.39 is 9.84 Å². The van der Waals surface area contributed by atoms with E-state index in [1.807, 2.05) is 0 Å². The van der Waals surface area contributed by atoms with Crippen molar-refractivity contribution in [3.63, 3.8) is 0 Å². The maximum atomic E-state index is 12.0. The number of nitrogens with one attached hydrogen (secondary N) is 1. The Hall–Kier alpha value is -1.40. The predicted octanol–water partition coefficient (Wildman–Crippen LogP) is 2.04. The SMILES string of the molecule is CC(C)CC(CN)CC(=O)Nc1ccc(S(C)(=O)=O)cc1. The molecule has 118 valence electrons. The van der Waals surface area contributed by atoms with Crippen LogP contribution in [0.3, 0.4) is 0 Å². The van der Waals surface area contributed by atoms with Crippen LogP contribution < -0.4 is 11.1 Å². The van der Waals surface area contributed by atoms with Gasteiger partial charge in [-0.15, -0.1) is 0 Å². The molecule has 0 aliphatic carbocycles. The maximum Gasteiger partial charge on any atom is 0.224 e. The number of hydrogen-bond acceptors (Lipinski definition) is 4. The fourth-order valence-corrected chi connectivity index (χ4v) is 2.82. The molecule has 0 aromatic heterocycles. The zero-order valence-corrected chi connectivity index (χ0v) is 13.6. The molecule has 0 spiro atoms. The van der Waals surface area contributed by atoms with Crippen LogP contribution in [-0.4, -0.2) is 27.1 Å². The Kier molecular flexibility index (Phi) is 6.36. The van der Waals surface area contributed by atoms with Gasteiger partial charge in [0.2, 0.25) is 5.91 Å². The fraction of sp³-hybridized carbons (Fsp3) is 0.533. The average Bonchev–Trinajstić information content (AvgIpc) is 2.36. The summed E-state index contributed by atoms with van der Waals surface area (Å²) >= 11 is 0. The first-order valence-corrected chi connectivity index (χ1v) is 8.91. The van der Waals surface area contributed by atoms with E-state index in [2.05, 4.69) is 19.2 Å². The molecule has 21 heavy (non-hydrogen) atoms. The molecule has 0 bridgehead atoms. The van der Waals surface area contributed by atoms with Crippen LogP contribution in [0.25, 0.3) is 0 Å². The van der Waals surface area contributed by atoms with Crippen molar-refractivity contribution < 1.29 is 13.2 Å². The highest BCUT2D eigenvalue weighted by Crippen LogP contribution is 2.17. The second-order valence-electron chi connectivity index (χ2n) is 5.78. The second-order valence-corrected chi connectivity index (χ2v) is 7.80. The van der Waals surface area contributed by atoms with Crippen molar-refractivity contribution in [2.24, 2.45) is 17.6 Å². The Morgan fingerprint density at radius 2 is 1.81 bits per heavy atom. The standard InChI is InChI=1S/C15H24N2O3S/c1-11(2)8-12(10-16)9-15(18)17-13-4-6-14(7-5-13)21(3,19)20/h4-7,11-12H,8-10,16H2,1-3H3,(H,17,18). The summed E-state index contributed by atoms with van der Waals surface area (Å²) in [5, 5.41) is 2.77. The van der Waals surface area contributed by atoms with Gasteiger partial charge in [-0.25, -0.2) is 8.42 Å². The molecule has 1 aromatic carbocycles. The predicted molar refractivity (Wildman–Crippen MR) is 84.8 cm³/mol. The summed E-state index contributed by atoms with van der Waals surface area (Å²) in [6.07, 6.45) is 2.44. The molecule has 3 N–H and O–H groups in total. The van der Waals surface area contributed by atoms with Crippen LogP contribution in [0.1, 0.15) is 26.7 Å². The lowest BCUT2D eigenvalue weighted by molar-refractivity contribution is -0.117. The van der Waals surface area contributed by atoms with E-state index in [-0.39, 0.29) is 16.7 Å². The van der Waals surface area contributed by atoms with Gasteiger partial charge in [-0.05, 0) is 49.1 Å². The van der Waals surface area contributed by atoms with Gasteiger partial charge >= 0.3 is 0 Å². The molecular formula is C15H24N2O3S. The van der Waals surface area contributed by atoms with E-state index in [0.29, 0.717) is 24.6 Å². The number of carbonyl (C=O) groups excluding carboxylic acids is 1. The Labute approximate surface area is 126 Å². The van der Waals surface area contributed by atoms with E-state index in [1.165, 1.54) is 12.1 Å². The maximum absolute atomic E-state index is 12.0. The molecule has 5 nitrogen and oxygen atoms in total. The Morgan fingerprint density at radius 1 is 1.24 bits per heavy atom. The average molecular weight is 312 g/mol. The molecule has 0 saturated heterocycles. The summed E-state index contributed by atoms with van der Waals surface area (Å²) in [7, 11) is -3.21. The molecule has 1 rings (SSSR count). The summed E-state index contributed by atoms with van der Waals surface area (Å²) < 4.78 is 22.7. The first-order valence-electron chi connectivity index (χ1n) is 7.02. The molecule has 0 heterocycles. The molecule has 0 aliphatic heterocycles. The Morgan fingerprint density at radius 3 is 2.24 bits per heavy atom. The fourth-order valence-electron chi connectivity index (χ4n) is 2.19. The van der Waals surface area contributed by atoms with Gasteiger partial charge in [0.1, 0.15) is 0 Å². The van der Waals surface area contributed by atoms with E-state index in [4.69, 9.17) is 5.73 Å². The molecule has 1 amide bonds. The summed E-state index contributed by atoms with van der Waals surface area (Å²) in [5.41, 5.74) is 6.27. The molecule has 0 fully saturated rings. The van der Waals surface area contributed by atoms with Gasteiger partial charge in [-0.2, -0.15) is 0 Å². The third-order valence-electron chi connectivity index (χ3n) is 3.18. The first kappa shape index (κ1) is 17.7. The molecule has 1 atom stereocenters. The third kappa shape index (κ3) is 6.27. The van der Waals surface area contributed by atoms with Crippen LogP contribution in [0.5, 0.6) is 0 Å². The smallest absolute Gasteiger partial charge is 0.224 e. The van der Waals surface area contributed by atoms with Gasteiger partial charge in [-0.1, -0.05) is 13.8 Å². The van der Waals surface area contributed by atoms with E-state index in [9.17, 15) is 13.2 Å². The van der Waals surface area contributed by atoms with Gasteiger partial charge in [0.05, 0.1) is 4.90 Å². The van der Waals surface area contributed by atoms with Crippen LogP contribution in [0.15, 0.2) is 29.2 Å². The van der Waals surface area contributed by atoms with Gasteiger partial charge in [0, 0.05) is 18.4 Å². The highest BCUT2D eigenvalue weighted by atomic mass is 32.2. The number of amides is 1. The highest BCUT2D eigenvalue weighted by molar-refractivity contribution is 7.90. The first-order chi connectivity index (χ1) is 9.72.